The Kier molecular flexibility index (Phi) is 4.69. The Morgan fingerprint density at radius 3 is 2.47 bits per heavy atom. The third-order valence-corrected chi connectivity index (χ3v) is 2.27. The van der Waals surface area contributed by atoms with Gasteiger partial charge in [-0.2, -0.15) is 0 Å². The Bertz CT molecular complexity index is 414. The number of hydrogen-bond donors (Lipinski definition) is 2. The molecule has 1 aromatic rings. The first-order chi connectivity index (χ1) is 8.04. The fourth-order valence-electron chi connectivity index (χ4n) is 1.50. The third kappa shape index (κ3) is 3.90. The summed E-state index contributed by atoms with van der Waals surface area (Å²) in [6, 6.07) is 6.97. The van der Waals surface area contributed by atoms with Crippen LogP contribution in [0.2, 0.25) is 0 Å². The summed E-state index contributed by atoms with van der Waals surface area (Å²) in [6.07, 6.45) is 0.447. The number of carbonyl (C=O) groups is 2. The van der Waals surface area contributed by atoms with Gasteiger partial charge in [0.05, 0.1) is 11.3 Å². The molecule has 0 heterocycles. The van der Waals surface area contributed by atoms with E-state index in [1.807, 2.05) is 13.8 Å². The van der Waals surface area contributed by atoms with Crippen molar-refractivity contribution in [3.63, 3.8) is 0 Å². The highest BCUT2D eigenvalue weighted by Crippen LogP contribution is 2.15. The summed E-state index contributed by atoms with van der Waals surface area (Å²) in [4.78, 5) is 23.2. The van der Waals surface area contributed by atoms with Gasteiger partial charge in [0.1, 0.15) is 0 Å². The fraction of sp³-hybridized carbons (Fsp3) is 0.385. The Labute approximate surface area is 101 Å². The van der Waals surface area contributed by atoms with Crippen molar-refractivity contribution in [3.05, 3.63) is 29.8 Å². The van der Waals surface area contributed by atoms with Gasteiger partial charge in [-0.25, -0.2) is 0 Å². The summed E-state index contributed by atoms with van der Waals surface area (Å²) in [5.41, 5.74) is 1.03. The van der Waals surface area contributed by atoms with Gasteiger partial charge in [0.15, 0.2) is 0 Å². The van der Waals surface area contributed by atoms with E-state index in [0.717, 1.165) is 0 Å². The van der Waals surface area contributed by atoms with E-state index in [1.165, 1.54) is 0 Å². The lowest BCUT2D eigenvalue weighted by Gasteiger charge is -2.10. The largest absolute Gasteiger partial charge is 0.355 e. The SMILES string of the molecule is CNC(=O)c1ccccc1NC(=O)CC(C)C. The number of hydrogen-bond acceptors (Lipinski definition) is 2. The van der Waals surface area contributed by atoms with E-state index < -0.39 is 0 Å². The average Bonchev–Trinajstić information content (AvgIpc) is 2.27. The minimum absolute atomic E-state index is 0.0728. The number of amides is 2. The fourth-order valence-corrected chi connectivity index (χ4v) is 1.50. The van der Waals surface area contributed by atoms with Crippen LogP contribution in [0, 0.1) is 5.92 Å². The zero-order valence-electron chi connectivity index (χ0n) is 10.4. The van der Waals surface area contributed by atoms with Gasteiger partial charge in [0.2, 0.25) is 5.91 Å². The van der Waals surface area contributed by atoms with Crippen LogP contribution in [0.15, 0.2) is 24.3 Å². The van der Waals surface area contributed by atoms with Gasteiger partial charge in [-0.1, -0.05) is 26.0 Å². The van der Waals surface area contributed by atoms with Gasteiger partial charge < -0.3 is 10.6 Å². The molecule has 0 aliphatic heterocycles. The van der Waals surface area contributed by atoms with E-state index >= 15 is 0 Å². The topological polar surface area (TPSA) is 58.2 Å². The van der Waals surface area contributed by atoms with Crippen molar-refractivity contribution in [3.8, 4) is 0 Å². The second kappa shape index (κ2) is 6.03. The molecule has 2 amide bonds. The quantitative estimate of drug-likeness (QED) is 0.837. The molecule has 0 unspecified atom stereocenters. The number of carbonyl (C=O) groups excluding carboxylic acids is 2. The summed E-state index contributed by atoms with van der Waals surface area (Å²) in [7, 11) is 1.56. The molecular formula is C13H18N2O2. The first kappa shape index (κ1) is 13.2. The van der Waals surface area contributed by atoms with Crippen LogP contribution in [-0.2, 0) is 4.79 Å². The molecule has 0 radical (unpaired) electrons. The molecule has 92 valence electrons. The van der Waals surface area contributed by atoms with Crippen molar-refractivity contribution in [2.45, 2.75) is 20.3 Å². The third-order valence-electron chi connectivity index (χ3n) is 2.27. The molecule has 4 heteroatoms. The van der Waals surface area contributed by atoms with Crippen LogP contribution in [0.1, 0.15) is 30.6 Å². The highest BCUT2D eigenvalue weighted by atomic mass is 16.2. The van der Waals surface area contributed by atoms with E-state index in [4.69, 9.17) is 0 Å². The summed E-state index contributed by atoms with van der Waals surface area (Å²) < 4.78 is 0. The molecular weight excluding hydrogens is 216 g/mol. The predicted molar refractivity (Wildman–Crippen MR) is 67.9 cm³/mol. The maximum absolute atomic E-state index is 11.6. The van der Waals surface area contributed by atoms with Crippen LogP contribution in [0.3, 0.4) is 0 Å². The summed E-state index contributed by atoms with van der Waals surface area (Å²) >= 11 is 0. The molecule has 0 atom stereocenters. The minimum atomic E-state index is -0.203. The lowest BCUT2D eigenvalue weighted by Crippen LogP contribution is -2.21. The first-order valence-corrected chi connectivity index (χ1v) is 5.65. The Hall–Kier alpha value is -1.84. The molecule has 0 saturated heterocycles. The first-order valence-electron chi connectivity index (χ1n) is 5.65. The highest BCUT2D eigenvalue weighted by Gasteiger charge is 2.12. The normalized spacial score (nSPS) is 10.1. The molecule has 2 N–H and O–H groups in total. The van der Waals surface area contributed by atoms with Gasteiger partial charge in [0, 0.05) is 13.5 Å². The maximum Gasteiger partial charge on any atom is 0.253 e. The molecule has 1 aromatic carbocycles. The summed E-state index contributed by atoms with van der Waals surface area (Å²) in [5.74, 6) is 0.0176. The van der Waals surface area contributed by atoms with Crippen molar-refractivity contribution < 1.29 is 9.59 Å². The van der Waals surface area contributed by atoms with Crippen LogP contribution >= 0.6 is 0 Å². The van der Waals surface area contributed by atoms with Crippen molar-refractivity contribution in [2.24, 2.45) is 5.92 Å². The van der Waals surface area contributed by atoms with Gasteiger partial charge >= 0.3 is 0 Å². The zero-order chi connectivity index (χ0) is 12.8. The van der Waals surface area contributed by atoms with Gasteiger partial charge in [-0.15, -0.1) is 0 Å². The van der Waals surface area contributed by atoms with Crippen LogP contribution in [0.25, 0.3) is 0 Å². The highest BCUT2D eigenvalue weighted by molar-refractivity contribution is 6.03. The summed E-state index contributed by atoms with van der Waals surface area (Å²) in [6.45, 7) is 3.95. The van der Waals surface area contributed by atoms with Gasteiger partial charge in [-0.3, -0.25) is 9.59 Å². The van der Waals surface area contributed by atoms with Gasteiger partial charge in [-0.05, 0) is 18.1 Å². The lowest BCUT2D eigenvalue weighted by molar-refractivity contribution is -0.116. The molecule has 4 nitrogen and oxygen atoms in total. The van der Waals surface area contributed by atoms with E-state index in [-0.39, 0.29) is 11.8 Å². The Balaban J connectivity index is 2.83. The lowest BCUT2D eigenvalue weighted by atomic mass is 10.1. The predicted octanol–water partition coefficient (Wildman–Crippen LogP) is 2.03. The van der Waals surface area contributed by atoms with Crippen molar-refractivity contribution in [1.29, 1.82) is 0 Å². The number of benzene rings is 1. The van der Waals surface area contributed by atoms with E-state index in [2.05, 4.69) is 10.6 Å². The van der Waals surface area contributed by atoms with Crippen molar-refractivity contribution >= 4 is 17.5 Å². The maximum atomic E-state index is 11.6. The number of rotatable bonds is 4. The number of anilines is 1. The van der Waals surface area contributed by atoms with Crippen LogP contribution in [0.5, 0.6) is 0 Å². The van der Waals surface area contributed by atoms with Crippen LogP contribution in [-0.4, -0.2) is 18.9 Å². The van der Waals surface area contributed by atoms with E-state index in [1.54, 1.807) is 31.3 Å². The second-order valence-electron chi connectivity index (χ2n) is 4.27. The Morgan fingerprint density at radius 2 is 1.88 bits per heavy atom. The number of nitrogens with one attached hydrogen (secondary N) is 2. The molecule has 0 fully saturated rings. The van der Waals surface area contributed by atoms with E-state index in [9.17, 15) is 9.59 Å². The van der Waals surface area contributed by atoms with Crippen LogP contribution < -0.4 is 10.6 Å². The average molecular weight is 234 g/mol. The monoisotopic (exact) mass is 234 g/mol. The minimum Gasteiger partial charge on any atom is -0.355 e. The second-order valence-corrected chi connectivity index (χ2v) is 4.27. The molecule has 0 bridgehead atoms. The summed E-state index contributed by atoms with van der Waals surface area (Å²) in [5, 5.41) is 5.30. The molecule has 0 aromatic heterocycles. The molecule has 0 aliphatic carbocycles. The molecule has 17 heavy (non-hydrogen) atoms. The van der Waals surface area contributed by atoms with Crippen molar-refractivity contribution in [1.82, 2.24) is 5.32 Å². The van der Waals surface area contributed by atoms with Crippen molar-refractivity contribution in [2.75, 3.05) is 12.4 Å². The molecule has 0 spiro atoms. The van der Waals surface area contributed by atoms with E-state index in [0.29, 0.717) is 23.6 Å². The number of para-hydroxylation sites is 1. The molecule has 0 saturated carbocycles. The van der Waals surface area contributed by atoms with Crippen LogP contribution in [0.4, 0.5) is 5.69 Å². The molecule has 1 rings (SSSR count). The molecule has 0 aliphatic rings. The smallest absolute Gasteiger partial charge is 0.253 e. The van der Waals surface area contributed by atoms with Gasteiger partial charge in [0.25, 0.3) is 5.91 Å². The standard InChI is InChI=1S/C13H18N2O2/c1-9(2)8-12(16)15-11-7-5-4-6-10(11)13(17)14-3/h4-7,9H,8H2,1-3H3,(H,14,17)(H,15,16). The Morgan fingerprint density at radius 1 is 1.24 bits per heavy atom. The zero-order valence-corrected chi connectivity index (χ0v) is 10.4.